The number of carbonyl (C=O) groups is 1. The van der Waals surface area contributed by atoms with Crippen molar-refractivity contribution in [3.63, 3.8) is 0 Å². The minimum atomic E-state index is -0.388. The van der Waals surface area contributed by atoms with E-state index in [4.69, 9.17) is 14.4 Å². The average molecular weight is 326 g/mol. The molecule has 6 nitrogen and oxygen atoms in total. The molecule has 1 aliphatic rings. The topological polar surface area (TPSA) is 86.0 Å². The van der Waals surface area contributed by atoms with Gasteiger partial charge < -0.3 is 19.6 Å². The molecule has 1 aromatic carbocycles. The Kier molecular flexibility index (Phi) is 4.50. The first kappa shape index (κ1) is 16.0. The fraction of sp³-hybridized carbons (Fsp3) is 0.167. The van der Waals surface area contributed by atoms with E-state index in [2.05, 4.69) is 0 Å². The van der Waals surface area contributed by atoms with Crippen molar-refractivity contribution in [3.8, 4) is 11.3 Å². The van der Waals surface area contributed by atoms with Gasteiger partial charge in [0.1, 0.15) is 17.3 Å². The minimum absolute atomic E-state index is 0.107. The molecule has 1 N–H and O–H groups in total. The summed E-state index contributed by atoms with van der Waals surface area (Å²) in [5, 5.41) is 19.7. The van der Waals surface area contributed by atoms with E-state index in [1.165, 1.54) is 12.1 Å². The van der Waals surface area contributed by atoms with Gasteiger partial charge in [-0.05, 0) is 42.8 Å². The smallest absolute Gasteiger partial charge is 0.343 e. The van der Waals surface area contributed by atoms with Crippen LogP contribution in [-0.4, -0.2) is 11.2 Å². The zero-order valence-electron chi connectivity index (χ0n) is 13.1. The molecule has 1 aromatic heterocycles. The molecule has 124 valence electrons. The largest absolute Gasteiger partial charge is 0.733 e. The van der Waals surface area contributed by atoms with Crippen molar-refractivity contribution in [2.75, 3.05) is 5.23 Å². The van der Waals surface area contributed by atoms with Gasteiger partial charge >= 0.3 is 5.97 Å². The van der Waals surface area contributed by atoms with E-state index in [-0.39, 0.29) is 16.9 Å². The fourth-order valence-electron chi connectivity index (χ4n) is 2.43. The van der Waals surface area contributed by atoms with Crippen LogP contribution < -0.4 is 5.23 Å². The first-order chi connectivity index (χ1) is 11.6. The quantitative estimate of drug-likeness (QED) is 0.502. The van der Waals surface area contributed by atoms with E-state index in [0.29, 0.717) is 34.8 Å². The normalized spacial score (nSPS) is 15.5. The summed E-state index contributed by atoms with van der Waals surface area (Å²) in [5.74, 6) is 1.29. The molecule has 0 bridgehead atoms. The number of anilines is 1. The van der Waals surface area contributed by atoms with Gasteiger partial charge in [0.2, 0.25) is 0 Å². The fourth-order valence-corrected chi connectivity index (χ4v) is 2.43. The monoisotopic (exact) mass is 326 g/mol. The summed E-state index contributed by atoms with van der Waals surface area (Å²) in [5.41, 5.74) is 1.19. The molecular formula is C18H16NO5-. The van der Waals surface area contributed by atoms with Crippen molar-refractivity contribution in [1.29, 1.82) is 0 Å². The van der Waals surface area contributed by atoms with E-state index in [9.17, 15) is 10.0 Å². The van der Waals surface area contributed by atoms with Gasteiger partial charge in [-0.2, -0.15) is 0 Å². The Morgan fingerprint density at radius 1 is 1.29 bits per heavy atom. The Balaban J connectivity index is 1.85. The lowest BCUT2D eigenvalue weighted by atomic mass is 10.1. The van der Waals surface area contributed by atoms with Gasteiger partial charge in [-0.15, -0.1) is 0 Å². The molecule has 0 saturated heterocycles. The second-order valence-electron chi connectivity index (χ2n) is 5.38. The number of hydrogen-bond acceptors (Lipinski definition) is 6. The highest BCUT2D eigenvalue weighted by Crippen LogP contribution is 2.28. The van der Waals surface area contributed by atoms with Crippen LogP contribution in [0.5, 0.6) is 0 Å². The van der Waals surface area contributed by atoms with E-state index in [0.717, 1.165) is 6.42 Å². The van der Waals surface area contributed by atoms with Crippen LogP contribution in [0.4, 0.5) is 5.69 Å². The van der Waals surface area contributed by atoms with Crippen LogP contribution >= 0.6 is 0 Å². The van der Waals surface area contributed by atoms with Gasteiger partial charge in [-0.1, -0.05) is 19.1 Å². The summed E-state index contributed by atoms with van der Waals surface area (Å²) in [4.78, 5) is 11.8. The number of esters is 1. The zero-order valence-corrected chi connectivity index (χ0v) is 13.1. The van der Waals surface area contributed by atoms with Crippen LogP contribution in [0.2, 0.25) is 0 Å². The molecule has 6 heteroatoms. The third-order valence-electron chi connectivity index (χ3n) is 3.55. The Morgan fingerprint density at radius 3 is 2.88 bits per heavy atom. The second kappa shape index (κ2) is 6.74. The van der Waals surface area contributed by atoms with Crippen LogP contribution in [0, 0.1) is 5.21 Å². The first-order valence-corrected chi connectivity index (χ1v) is 7.57. The maximum Gasteiger partial charge on any atom is 0.343 e. The van der Waals surface area contributed by atoms with Gasteiger partial charge in [-0.3, -0.25) is 5.21 Å². The van der Waals surface area contributed by atoms with Gasteiger partial charge in [0.15, 0.2) is 0 Å². The number of allylic oxidation sites excluding steroid dienone is 1. The average Bonchev–Trinajstić information content (AvgIpc) is 3.16. The highest BCUT2D eigenvalue weighted by atomic mass is 16.8. The standard InChI is InChI=1S/C18H16NO5/c1-2-4-15-10-13(18(20)24-15)11-16-7-8-17(23-16)12-5-3-6-14(9-12)19(21)22/h3,5-11,21H,2,4H2,1H3/q-1. The molecular weight excluding hydrogens is 310 g/mol. The molecule has 0 atom stereocenters. The lowest BCUT2D eigenvalue weighted by Gasteiger charge is -2.21. The Hall–Kier alpha value is -2.83. The highest BCUT2D eigenvalue weighted by molar-refractivity contribution is 5.99. The number of cyclic esters (lactones) is 1. The summed E-state index contributed by atoms with van der Waals surface area (Å²) >= 11 is 0. The van der Waals surface area contributed by atoms with Crippen molar-refractivity contribution >= 4 is 17.7 Å². The van der Waals surface area contributed by atoms with Crippen molar-refractivity contribution in [3.05, 3.63) is 64.8 Å². The predicted octanol–water partition coefficient (Wildman–Crippen LogP) is 4.26. The molecule has 2 aromatic rings. The lowest BCUT2D eigenvalue weighted by Crippen LogP contribution is -2.06. The van der Waals surface area contributed by atoms with E-state index in [1.54, 1.807) is 36.4 Å². The third kappa shape index (κ3) is 3.40. The SMILES string of the molecule is CCCC1=CC(=Cc2ccc(-c3cccc(N([O-])O)c3)o2)C(=O)O1. The summed E-state index contributed by atoms with van der Waals surface area (Å²) < 4.78 is 10.9. The highest BCUT2D eigenvalue weighted by Gasteiger charge is 2.20. The van der Waals surface area contributed by atoms with Gasteiger partial charge in [0.05, 0.1) is 11.3 Å². The molecule has 3 rings (SSSR count). The van der Waals surface area contributed by atoms with Crippen molar-refractivity contribution in [1.82, 2.24) is 0 Å². The van der Waals surface area contributed by atoms with Gasteiger partial charge in [-0.25, -0.2) is 4.79 Å². The van der Waals surface area contributed by atoms with Crippen LogP contribution in [0.25, 0.3) is 17.4 Å². The first-order valence-electron chi connectivity index (χ1n) is 7.57. The molecule has 2 heterocycles. The lowest BCUT2D eigenvalue weighted by molar-refractivity contribution is -0.133. The second-order valence-corrected chi connectivity index (χ2v) is 5.38. The number of furan rings is 1. The summed E-state index contributed by atoms with van der Waals surface area (Å²) in [7, 11) is 0. The van der Waals surface area contributed by atoms with E-state index >= 15 is 0 Å². The molecule has 24 heavy (non-hydrogen) atoms. The Morgan fingerprint density at radius 2 is 2.12 bits per heavy atom. The summed E-state index contributed by atoms with van der Waals surface area (Å²) in [6.07, 6.45) is 4.95. The molecule has 0 aliphatic carbocycles. The number of hydrogen-bond donors (Lipinski definition) is 1. The van der Waals surface area contributed by atoms with Gasteiger partial charge in [0, 0.05) is 12.0 Å². The van der Waals surface area contributed by atoms with Crippen LogP contribution in [0.15, 0.2) is 58.2 Å². The maximum absolute atomic E-state index is 11.8. The van der Waals surface area contributed by atoms with E-state index in [1.807, 2.05) is 6.92 Å². The molecule has 0 saturated carbocycles. The van der Waals surface area contributed by atoms with Gasteiger partial charge in [0.25, 0.3) is 0 Å². The third-order valence-corrected chi connectivity index (χ3v) is 3.55. The molecule has 0 radical (unpaired) electrons. The predicted molar refractivity (Wildman–Crippen MR) is 88.8 cm³/mol. The molecule has 0 amide bonds. The van der Waals surface area contributed by atoms with Crippen molar-refractivity contribution < 1.29 is 19.2 Å². The van der Waals surface area contributed by atoms with Crippen LogP contribution in [0.3, 0.4) is 0 Å². The van der Waals surface area contributed by atoms with E-state index < -0.39 is 0 Å². The molecule has 1 aliphatic heterocycles. The number of nitrogens with zero attached hydrogens (tertiary/aromatic N) is 1. The number of carbonyl (C=O) groups excluding carboxylic acids is 1. The Bertz CT molecular complexity index is 816. The van der Waals surface area contributed by atoms with Crippen molar-refractivity contribution in [2.45, 2.75) is 19.8 Å². The number of ether oxygens (including phenoxy) is 1. The number of rotatable bonds is 5. The van der Waals surface area contributed by atoms with Crippen molar-refractivity contribution in [2.24, 2.45) is 0 Å². The minimum Gasteiger partial charge on any atom is -0.733 e. The maximum atomic E-state index is 11.8. The number of benzene rings is 1. The zero-order chi connectivity index (χ0) is 17.1. The molecule has 0 unspecified atom stereocenters. The van der Waals surface area contributed by atoms with Crippen LogP contribution in [0.1, 0.15) is 25.5 Å². The van der Waals surface area contributed by atoms with Crippen LogP contribution in [-0.2, 0) is 9.53 Å². The molecule has 0 fully saturated rings. The molecule has 0 spiro atoms. The summed E-state index contributed by atoms with van der Waals surface area (Å²) in [6.45, 7) is 2.01. The summed E-state index contributed by atoms with van der Waals surface area (Å²) in [6, 6.07) is 9.84. The Labute approximate surface area is 138 Å².